The molecule has 0 heterocycles. The molecule has 0 amide bonds. The first kappa shape index (κ1) is 11.9. The van der Waals surface area contributed by atoms with Crippen LogP contribution >= 0.6 is 0 Å². The van der Waals surface area contributed by atoms with Gasteiger partial charge < -0.3 is 5.73 Å². The van der Waals surface area contributed by atoms with E-state index in [1.54, 1.807) is 0 Å². The van der Waals surface area contributed by atoms with E-state index in [0.717, 1.165) is 25.7 Å². The van der Waals surface area contributed by atoms with Gasteiger partial charge in [-0.15, -0.1) is 0 Å². The Morgan fingerprint density at radius 2 is 1.93 bits per heavy atom. The Labute approximate surface area is 83.4 Å². The summed E-state index contributed by atoms with van der Waals surface area (Å²) in [6.07, 6.45) is 2.10. The van der Waals surface area contributed by atoms with Gasteiger partial charge in [-0.25, -0.2) is 4.39 Å². The molecule has 0 saturated heterocycles. The zero-order valence-electron chi connectivity index (χ0n) is 7.89. The molecule has 0 aromatic rings. The third-order valence-electron chi connectivity index (χ3n) is 2.73. The van der Waals surface area contributed by atoms with Crippen LogP contribution in [0.5, 0.6) is 0 Å². The standard InChI is InChI=1S/C8H16FNO3S/c9-7(5-14(11,12)13)8(10)6-3-1-2-4-6/h6-8H,1-5,10H2,(H,11,12,13)/t7-,8+/m1/s1. The molecule has 1 aliphatic rings. The zero-order valence-corrected chi connectivity index (χ0v) is 8.71. The van der Waals surface area contributed by atoms with Crippen molar-refractivity contribution in [3.8, 4) is 0 Å². The maximum Gasteiger partial charge on any atom is 0.267 e. The van der Waals surface area contributed by atoms with E-state index in [4.69, 9.17) is 10.3 Å². The van der Waals surface area contributed by atoms with Gasteiger partial charge in [-0.1, -0.05) is 12.8 Å². The van der Waals surface area contributed by atoms with E-state index in [1.165, 1.54) is 0 Å². The smallest absolute Gasteiger partial charge is 0.267 e. The van der Waals surface area contributed by atoms with Crippen molar-refractivity contribution in [3.63, 3.8) is 0 Å². The molecule has 0 aromatic heterocycles. The maximum absolute atomic E-state index is 13.3. The number of halogens is 1. The predicted octanol–water partition coefficient (Wildman–Crippen LogP) is 0.730. The molecular formula is C8H16FNO3S. The summed E-state index contributed by atoms with van der Waals surface area (Å²) in [7, 11) is -4.25. The minimum absolute atomic E-state index is 0.0618. The van der Waals surface area contributed by atoms with Crippen LogP contribution in [0.15, 0.2) is 0 Å². The number of alkyl halides is 1. The summed E-state index contributed by atoms with van der Waals surface area (Å²) in [5.74, 6) is -0.822. The van der Waals surface area contributed by atoms with Crippen LogP contribution in [0.3, 0.4) is 0 Å². The van der Waals surface area contributed by atoms with Crippen molar-refractivity contribution in [3.05, 3.63) is 0 Å². The Morgan fingerprint density at radius 1 is 1.43 bits per heavy atom. The Bertz CT molecular complexity index is 274. The van der Waals surface area contributed by atoms with Gasteiger partial charge in [0.2, 0.25) is 0 Å². The van der Waals surface area contributed by atoms with Crippen molar-refractivity contribution in [2.45, 2.75) is 37.9 Å². The highest BCUT2D eigenvalue weighted by atomic mass is 32.2. The third kappa shape index (κ3) is 3.51. The molecule has 14 heavy (non-hydrogen) atoms. The lowest BCUT2D eigenvalue weighted by Gasteiger charge is -2.21. The quantitative estimate of drug-likeness (QED) is 0.691. The lowest BCUT2D eigenvalue weighted by molar-refractivity contribution is 0.245. The molecule has 0 unspecified atom stereocenters. The van der Waals surface area contributed by atoms with Gasteiger partial charge in [-0.3, -0.25) is 4.55 Å². The second-order valence-electron chi connectivity index (χ2n) is 3.89. The van der Waals surface area contributed by atoms with Crippen molar-refractivity contribution in [1.82, 2.24) is 0 Å². The van der Waals surface area contributed by atoms with Crippen LogP contribution in [0.1, 0.15) is 25.7 Å². The van der Waals surface area contributed by atoms with Gasteiger partial charge in [0, 0.05) is 6.04 Å². The first-order chi connectivity index (χ1) is 6.40. The fraction of sp³-hybridized carbons (Fsp3) is 1.00. The monoisotopic (exact) mass is 225 g/mol. The third-order valence-corrected chi connectivity index (χ3v) is 3.47. The van der Waals surface area contributed by atoms with Gasteiger partial charge in [0.05, 0.1) is 0 Å². The van der Waals surface area contributed by atoms with E-state index in [9.17, 15) is 12.8 Å². The molecule has 1 fully saturated rings. The fourth-order valence-corrected chi connectivity index (χ4v) is 2.57. The molecule has 1 rings (SSSR count). The van der Waals surface area contributed by atoms with Crippen molar-refractivity contribution < 1.29 is 17.4 Å². The van der Waals surface area contributed by atoms with Crippen LogP contribution in [0.2, 0.25) is 0 Å². The molecule has 0 radical (unpaired) electrons. The van der Waals surface area contributed by atoms with Crippen molar-refractivity contribution >= 4 is 10.1 Å². The lowest BCUT2D eigenvalue weighted by atomic mass is 9.96. The van der Waals surface area contributed by atoms with Gasteiger partial charge >= 0.3 is 0 Å². The molecular weight excluding hydrogens is 209 g/mol. The highest BCUT2D eigenvalue weighted by molar-refractivity contribution is 7.85. The van der Waals surface area contributed by atoms with Gasteiger partial charge in [-0.2, -0.15) is 8.42 Å². The second-order valence-corrected chi connectivity index (χ2v) is 5.38. The molecule has 0 spiro atoms. The topological polar surface area (TPSA) is 80.4 Å². The van der Waals surface area contributed by atoms with Gasteiger partial charge in [0.25, 0.3) is 10.1 Å². The summed E-state index contributed by atoms with van der Waals surface area (Å²) in [4.78, 5) is 0. The summed E-state index contributed by atoms with van der Waals surface area (Å²) < 4.78 is 42.6. The molecule has 0 aromatic carbocycles. The highest BCUT2D eigenvalue weighted by Gasteiger charge is 2.31. The lowest BCUT2D eigenvalue weighted by Crippen LogP contribution is -2.41. The van der Waals surface area contributed by atoms with Crippen LogP contribution in [0.4, 0.5) is 4.39 Å². The minimum atomic E-state index is -4.25. The van der Waals surface area contributed by atoms with Crippen molar-refractivity contribution in [2.24, 2.45) is 11.7 Å². The number of nitrogens with two attached hydrogens (primary N) is 1. The number of rotatable bonds is 4. The van der Waals surface area contributed by atoms with Crippen LogP contribution in [0.25, 0.3) is 0 Å². The Kier molecular flexibility index (Phi) is 3.86. The molecule has 1 saturated carbocycles. The van der Waals surface area contributed by atoms with E-state index >= 15 is 0 Å². The molecule has 0 bridgehead atoms. The van der Waals surface area contributed by atoms with Crippen LogP contribution in [-0.2, 0) is 10.1 Å². The highest BCUT2D eigenvalue weighted by Crippen LogP contribution is 2.28. The first-order valence-corrected chi connectivity index (χ1v) is 6.36. The van der Waals surface area contributed by atoms with Gasteiger partial charge in [-0.05, 0) is 18.8 Å². The summed E-state index contributed by atoms with van der Waals surface area (Å²) in [6, 6.07) is -0.764. The van der Waals surface area contributed by atoms with E-state index in [2.05, 4.69) is 0 Å². The van der Waals surface area contributed by atoms with Crippen molar-refractivity contribution in [1.29, 1.82) is 0 Å². The molecule has 0 aliphatic heterocycles. The summed E-state index contributed by atoms with van der Waals surface area (Å²) in [6.45, 7) is 0. The van der Waals surface area contributed by atoms with Crippen LogP contribution in [0, 0.1) is 5.92 Å². The molecule has 84 valence electrons. The molecule has 3 N–H and O–H groups in total. The van der Waals surface area contributed by atoms with Crippen molar-refractivity contribution in [2.75, 3.05) is 5.75 Å². The van der Waals surface area contributed by atoms with E-state index < -0.39 is 28.1 Å². The molecule has 1 aliphatic carbocycles. The average molecular weight is 225 g/mol. The van der Waals surface area contributed by atoms with Gasteiger partial charge in [0.1, 0.15) is 11.9 Å². The largest absolute Gasteiger partial charge is 0.325 e. The Hall–Kier alpha value is -0.200. The van der Waals surface area contributed by atoms with Crippen LogP contribution < -0.4 is 5.73 Å². The summed E-state index contributed by atoms with van der Waals surface area (Å²) in [5.41, 5.74) is 5.58. The van der Waals surface area contributed by atoms with E-state index in [1.807, 2.05) is 0 Å². The number of hydrogen-bond acceptors (Lipinski definition) is 3. The average Bonchev–Trinajstić information content (AvgIpc) is 2.51. The number of hydrogen-bond donors (Lipinski definition) is 2. The zero-order chi connectivity index (χ0) is 10.8. The summed E-state index contributed by atoms with van der Waals surface area (Å²) in [5, 5.41) is 0. The first-order valence-electron chi connectivity index (χ1n) is 4.75. The minimum Gasteiger partial charge on any atom is -0.325 e. The van der Waals surface area contributed by atoms with Gasteiger partial charge in [0.15, 0.2) is 0 Å². The SMILES string of the molecule is N[C@@H](C1CCCC1)[C@H](F)CS(=O)(=O)O. The fourth-order valence-electron chi connectivity index (χ4n) is 1.95. The normalized spacial score (nSPS) is 23.6. The predicted molar refractivity (Wildman–Crippen MR) is 51.2 cm³/mol. The van der Waals surface area contributed by atoms with E-state index in [-0.39, 0.29) is 5.92 Å². The summed E-state index contributed by atoms with van der Waals surface area (Å²) >= 11 is 0. The maximum atomic E-state index is 13.3. The molecule has 4 nitrogen and oxygen atoms in total. The van der Waals surface area contributed by atoms with Crippen LogP contribution in [-0.4, -0.2) is 30.9 Å². The van der Waals surface area contributed by atoms with E-state index in [0.29, 0.717) is 0 Å². The Balaban J connectivity index is 2.47. The Morgan fingerprint density at radius 3 is 2.36 bits per heavy atom. The second kappa shape index (κ2) is 4.55. The molecule has 6 heteroatoms. The molecule has 2 atom stereocenters.